The molecule has 0 spiro atoms. The molecule has 22 heavy (non-hydrogen) atoms. The molecule has 0 aliphatic carbocycles. The molecule has 1 aromatic heterocycles. The number of carbonyl (C=O) groups is 1. The van der Waals surface area contributed by atoms with E-state index in [0.29, 0.717) is 15.7 Å². The molecule has 0 aliphatic heterocycles. The van der Waals surface area contributed by atoms with Crippen LogP contribution in [-0.4, -0.2) is 5.91 Å². The van der Waals surface area contributed by atoms with E-state index in [0.717, 1.165) is 10.8 Å². The molecule has 0 aliphatic rings. The molecule has 0 bridgehead atoms. The number of benzene rings is 2. The predicted molar refractivity (Wildman–Crippen MR) is 89.2 cm³/mol. The first-order valence-electron chi connectivity index (χ1n) is 6.74. The van der Waals surface area contributed by atoms with Gasteiger partial charge in [-0.15, -0.1) is 0 Å². The van der Waals surface area contributed by atoms with Crippen molar-refractivity contribution in [3.8, 4) is 0 Å². The Morgan fingerprint density at radius 3 is 2.64 bits per heavy atom. The Kier molecular flexibility index (Phi) is 4.27. The van der Waals surface area contributed by atoms with Crippen LogP contribution in [0.5, 0.6) is 0 Å². The lowest BCUT2D eigenvalue weighted by Gasteiger charge is -2.06. The quantitative estimate of drug-likeness (QED) is 0.721. The predicted octanol–water partition coefficient (Wildman–Crippen LogP) is 4.07. The SMILES string of the molecule is O=C(C[n+]1ccc2ccccc2c1)Nc1cc(Cl)ccc1Cl. The standard InChI is InChI=1S/C17H12Cl2N2O/c18-14-5-6-15(19)16(9-14)20-17(22)11-21-8-7-12-3-1-2-4-13(12)10-21/h1-10H,11H2/p+1. The molecule has 0 atom stereocenters. The monoisotopic (exact) mass is 331 g/mol. The molecule has 0 unspecified atom stereocenters. The fraction of sp³-hybridized carbons (Fsp3) is 0.0588. The summed E-state index contributed by atoms with van der Waals surface area (Å²) in [6.07, 6.45) is 3.82. The summed E-state index contributed by atoms with van der Waals surface area (Å²) >= 11 is 12.0. The van der Waals surface area contributed by atoms with Gasteiger partial charge in [0.05, 0.1) is 10.7 Å². The third-order valence-corrected chi connectivity index (χ3v) is 3.84. The molecule has 110 valence electrons. The summed E-state index contributed by atoms with van der Waals surface area (Å²) in [5.74, 6) is -0.163. The van der Waals surface area contributed by atoms with Crippen LogP contribution < -0.4 is 9.88 Å². The third kappa shape index (κ3) is 3.38. The second kappa shape index (κ2) is 6.34. The summed E-state index contributed by atoms with van der Waals surface area (Å²) < 4.78 is 1.83. The number of nitrogens with zero attached hydrogens (tertiary/aromatic N) is 1. The molecule has 5 heteroatoms. The van der Waals surface area contributed by atoms with Crippen LogP contribution in [0.4, 0.5) is 5.69 Å². The second-order valence-electron chi connectivity index (χ2n) is 4.92. The van der Waals surface area contributed by atoms with Gasteiger partial charge >= 0.3 is 0 Å². The summed E-state index contributed by atoms with van der Waals surface area (Å²) in [7, 11) is 0. The Balaban J connectivity index is 1.76. The average Bonchev–Trinajstić information content (AvgIpc) is 2.51. The van der Waals surface area contributed by atoms with Gasteiger partial charge in [0.15, 0.2) is 12.4 Å². The van der Waals surface area contributed by atoms with Gasteiger partial charge in [0.2, 0.25) is 6.54 Å². The fourth-order valence-electron chi connectivity index (χ4n) is 2.23. The Hall–Kier alpha value is -2.10. The van der Waals surface area contributed by atoms with Crippen molar-refractivity contribution >= 4 is 45.6 Å². The fourth-order valence-corrected chi connectivity index (χ4v) is 2.56. The zero-order valence-corrected chi connectivity index (χ0v) is 13.1. The van der Waals surface area contributed by atoms with E-state index in [1.807, 2.05) is 47.3 Å². The zero-order valence-electron chi connectivity index (χ0n) is 11.6. The van der Waals surface area contributed by atoms with Crippen molar-refractivity contribution in [2.24, 2.45) is 0 Å². The number of halogens is 2. The van der Waals surface area contributed by atoms with Crippen LogP contribution in [0.15, 0.2) is 60.9 Å². The molecule has 0 radical (unpaired) electrons. The van der Waals surface area contributed by atoms with Crippen molar-refractivity contribution in [1.82, 2.24) is 0 Å². The number of fused-ring (bicyclic) bond motifs is 1. The summed E-state index contributed by atoms with van der Waals surface area (Å²) in [6.45, 7) is 0.202. The van der Waals surface area contributed by atoms with Gasteiger partial charge in [0.25, 0.3) is 5.91 Å². The number of amides is 1. The average molecular weight is 332 g/mol. The van der Waals surface area contributed by atoms with E-state index >= 15 is 0 Å². The highest BCUT2D eigenvalue weighted by Crippen LogP contribution is 2.25. The normalized spacial score (nSPS) is 10.6. The van der Waals surface area contributed by atoms with E-state index < -0.39 is 0 Å². The van der Waals surface area contributed by atoms with Gasteiger partial charge in [-0.3, -0.25) is 4.79 Å². The van der Waals surface area contributed by atoms with Gasteiger partial charge in [-0.05, 0) is 29.7 Å². The summed E-state index contributed by atoms with van der Waals surface area (Å²) in [6, 6.07) is 14.9. The zero-order chi connectivity index (χ0) is 15.5. The lowest BCUT2D eigenvalue weighted by atomic mass is 10.2. The van der Waals surface area contributed by atoms with Crippen molar-refractivity contribution in [3.05, 3.63) is 71.0 Å². The van der Waals surface area contributed by atoms with Crippen LogP contribution in [0.1, 0.15) is 0 Å². The molecule has 0 saturated heterocycles. The van der Waals surface area contributed by atoms with E-state index in [1.165, 1.54) is 0 Å². The van der Waals surface area contributed by atoms with E-state index in [2.05, 4.69) is 5.32 Å². The molecule has 1 heterocycles. The lowest BCUT2D eigenvalue weighted by molar-refractivity contribution is -0.682. The Morgan fingerprint density at radius 2 is 1.82 bits per heavy atom. The molecule has 1 N–H and O–H groups in total. The van der Waals surface area contributed by atoms with E-state index in [-0.39, 0.29) is 12.5 Å². The first-order chi connectivity index (χ1) is 10.6. The summed E-state index contributed by atoms with van der Waals surface area (Å²) in [5.41, 5.74) is 0.514. The number of hydrogen-bond donors (Lipinski definition) is 1. The van der Waals surface area contributed by atoms with Crippen molar-refractivity contribution in [2.45, 2.75) is 6.54 Å². The number of aromatic nitrogens is 1. The second-order valence-corrected chi connectivity index (χ2v) is 5.76. The van der Waals surface area contributed by atoms with Crippen molar-refractivity contribution in [2.75, 3.05) is 5.32 Å². The van der Waals surface area contributed by atoms with Crippen LogP contribution in [0.3, 0.4) is 0 Å². The van der Waals surface area contributed by atoms with Gasteiger partial charge in [-0.2, -0.15) is 4.57 Å². The summed E-state index contributed by atoms with van der Waals surface area (Å²) in [5, 5.41) is 5.98. The van der Waals surface area contributed by atoms with Crippen molar-refractivity contribution in [3.63, 3.8) is 0 Å². The van der Waals surface area contributed by atoms with Gasteiger partial charge in [0.1, 0.15) is 0 Å². The van der Waals surface area contributed by atoms with E-state index in [1.54, 1.807) is 18.2 Å². The Labute approximate surface area is 138 Å². The number of pyridine rings is 1. The molecule has 3 aromatic rings. The molecule has 0 saturated carbocycles. The van der Waals surface area contributed by atoms with Crippen LogP contribution >= 0.6 is 23.2 Å². The van der Waals surface area contributed by atoms with Crippen molar-refractivity contribution in [1.29, 1.82) is 0 Å². The maximum atomic E-state index is 12.1. The van der Waals surface area contributed by atoms with Gasteiger partial charge in [-0.1, -0.05) is 41.4 Å². The number of anilines is 1. The topological polar surface area (TPSA) is 33.0 Å². The van der Waals surface area contributed by atoms with Gasteiger partial charge < -0.3 is 5.32 Å². The molecule has 0 fully saturated rings. The largest absolute Gasteiger partial charge is 0.319 e. The highest BCUT2D eigenvalue weighted by Gasteiger charge is 2.12. The van der Waals surface area contributed by atoms with Crippen LogP contribution in [0, 0.1) is 0 Å². The molecule has 3 rings (SSSR count). The molecule has 1 amide bonds. The minimum atomic E-state index is -0.163. The number of hydrogen-bond acceptors (Lipinski definition) is 1. The van der Waals surface area contributed by atoms with Gasteiger partial charge in [0, 0.05) is 16.5 Å². The summed E-state index contributed by atoms with van der Waals surface area (Å²) in [4.78, 5) is 12.1. The first kappa shape index (κ1) is 14.8. The number of rotatable bonds is 3. The first-order valence-corrected chi connectivity index (χ1v) is 7.50. The van der Waals surface area contributed by atoms with Crippen LogP contribution in [0.25, 0.3) is 10.8 Å². The van der Waals surface area contributed by atoms with Gasteiger partial charge in [-0.25, -0.2) is 0 Å². The molecule has 2 aromatic carbocycles. The highest BCUT2D eigenvalue weighted by atomic mass is 35.5. The lowest BCUT2D eigenvalue weighted by Crippen LogP contribution is -2.39. The third-order valence-electron chi connectivity index (χ3n) is 3.28. The number of carbonyl (C=O) groups excluding carboxylic acids is 1. The minimum Gasteiger partial charge on any atom is -0.319 e. The number of nitrogens with one attached hydrogen (secondary N) is 1. The Bertz CT molecular complexity index is 849. The Morgan fingerprint density at radius 1 is 1.05 bits per heavy atom. The maximum Gasteiger partial charge on any atom is 0.290 e. The minimum absolute atomic E-state index is 0.163. The highest BCUT2D eigenvalue weighted by molar-refractivity contribution is 6.35. The maximum absolute atomic E-state index is 12.1. The molecular formula is C17H13Cl2N2O+. The van der Waals surface area contributed by atoms with E-state index in [9.17, 15) is 4.79 Å². The molecular weight excluding hydrogens is 319 g/mol. The van der Waals surface area contributed by atoms with Crippen LogP contribution in [-0.2, 0) is 11.3 Å². The molecule has 3 nitrogen and oxygen atoms in total. The van der Waals surface area contributed by atoms with Crippen molar-refractivity contribution < 1.29 is 9.36 Å². The van der Waals surface area contributed by atoms with E-state index in [4.69, 9.17) is 23.2 Å². The van der Waals surface area contributed by atoms with Crippen LogP contribution in [0.2, 0.25) is 10.0 Å². The smallest absolute Gasteiger partial charge is 0.290 e.